The first-order chi connectivity index (χ1) is 22.6. The van der Waals surface area contributed by atoms with E-state index in [9.17, 15) is 14.6 Å². The molecule has 0 unspecified atom stereocenters. The van der Waals surface area contributed by atoms with E-state index in [0.717, 1.165) is 16.7 Å². The van der Waals surface area contributed by atoms with Gasteiger partial charge < -0.3 is 10.2 Å². The Bertz CT molecular complexity index is 2100. The molecule has 5 aromatic rings. The lowest BCUT2D eigenvalue weighted by Crippen LogP contribution is -2.33. The topological polar surface area (TPSA) is 65.2 Å². The van der Waals surface area contributed by atoms with Crippen LogP contribution in [0, 0.1) is 77.6 Å². The maximum atomic E-state index is 16.3. The SMILES string of the molecule is Cc1cc(C)c(N=Cc2ccccc2N=P(c2cc(C)cc(C)c2O)(c2cc(C)cc(C)c2O)c2c(F)c(F)c(F)c(F)c2F)c(C)c1. The quantitative estimate of drug-likeness (QED) is 0.0619. The van der Waals surface area contributed by atoms with Crippen LogP contribution in [0.3, 0.4) is 0 Å². The number of aromatic hydroxyl groups is 2. The fraction of sp³-hybridized carbons (Fsp3) is 0.184. The number of nitrogens with zero attached hydrogens (tertiary/aromatic N) is 2. The molecular formula is C38H34F5N2O2P. The first kappa shape index (κ1) is 34.6. The molecule has 0 fully saturated rings. The van der Waals surface area contributed by atoms with Crippen molar-refractivity contribution in [3.8, 4) is 11.5 Å². The summed E-state index contributed by atoms with van der Waals surface area (Å²) in [6.07, 6.45) is 1.51. The van der Waals surface area contributed by atoms with E-state index in [0.29, 0.717) is 22.4 Å². The summed E-state index contributed by atoms with van der Waals surface area (Å²) in [6.45, 7) is 12.2. The minimum atomic E-state index is -4.59. The zero-order chi connectivity index (χ0) is 35.2. The van der Waals surface area contributed by atoms with Crippen molar-refractivity contribution >= 4 is 40.6 Å². The molecule has 248 valence electrons. The third kappa shape index (κ3) is 5.92. The molecule has 10 heteroatoms. The van der Waals surface area contributed by atoms with Crippen LogP contribution in [0.5, 0.6) is 11.5 Å². The Morgan fingerprint density at radius 1 is 0.562 bits per heavy atom. The number of phenols is 2. The summed E-state index contributed by atoms with van der Waals surface area (Å²) in [4.78, 5) is 4.70. The van der Waals surface area contributed by atoms with Crippen molar-refractivity contribution < 1.29 is 32.2 Å². The van der Waals surface area contributed by atoms with Crippen LogP contribution in [0.1, 0.15) is 44.5 Å². The molecule has 0 saturated carbocycles. The van der Waals surface area contributed by atoms with Gasteiger partial charge in [-0.25, -0.2) is 22.0 Å². The maximum absolute atomic E-state index is 16.3. The number of halogens is 5. The molecule has 4 nitrogen and oxygen atoms in total. The molecule has 0 heterocycles. The van der Waals surface area contributed by atoms with Gasteiger partial charge >= 0.3 is 0 Å². The highest BCUT2D eigenvalue weighted by Crippen LogP contribution is 2.56. The number of hydrogen-bond donors (Lipinski definition) is 2. The molecule has 0 aromatic heterocycles. The molecule has 0 bridgehead atoms. The highest BCUT2D eigenvalue weighted by molar-refractivity contribution is 7.87. The lowest BCUT2D eigenvalue weighted by molar-refractivity contribution is 0.384. The Kier molecular flexibility index (Phi) is 9.39. The zero-order valence-corrected chi connectivity index (χ0v) is 28.4. The largest absolute Gasteiger partial charge is 0.507 e. The van der Waals surface area contributed by atoms with Gasteiger partial charge in [0.25, 0.3) is 0 Å². The van der Waals surface area contributed by atoms with Gasteiger partial charge in [-0.2, -0.15) is 0 Å². The molecule has 0 atom stereocenters. The van der Waals surface area contributed by atoms with Gasteiger partial charge in [-0.15, -0.1) is 0 Å². The minimum Gasteiger partial charge on any atom is -0.507 e. The van der Waals surface area contributed by atoms with E-state index in [4.69, 9.17) is 9.74 Å². The van der Waals surface area contributed by atoms with Gasteiger partial charge in [0.05, 0.1) is 23.7 Å². The molecular weight excluding hydrogens is 642 g/mol. The lowest BCUT2D eigenvalue weighted by atomic mass is 10.1. The van der Waals surface area contributed by atoms with Gasteiger partial charge in [-0.3, -0.25) is 9.74 Å². The standard InChI is InChI=1S/C38H34F5N2O2P/c1-19-12-22(4)35(23(5)13-19)44-18-26-10-8-9-11-27(26)45-48(28-16-20(2)14-24(6)36(28)46,29-17-21(3)15-25(7)37(29)47)38-33(42)31(40)30(39)32(41)34(38)43/h8-18,46-47H,1-7H3. The van der Waals surface area contributed by atoms with E-state index in [1.54, 1.807) is 58.0 Å². The number of hydrogen-bond acceptors (Lipinski definition) is 4. The smallest absolute Gasteiger partial charge is 0.200 e. The highest BCUT2D eigenvalue weighted by atomic mass is 31.2. The number of benzene rings is 5. The van der Waals surface area contributed by atoms with Crippen LogP contribution < -0.4 is 15.9 Å². The van der Waals surface area contributed by atoms with Gasteiger partial charge in [-0.05, 0) is 100 Å². The Hall–Kier alpha value is -4.75. The van der Waals surface area contributed by atoms with E-state index >= 15 is 17.6 Å². The summed E-state index contributed by atoms with van der Waals surface area (Å²) < 4.78 is 82.5. The second-order valence-electron chi connectivity index (χ2n) is 12.1. The number of aryl methyl sites for hydroxylation is 7. The van der Waals surface area contributed by atoms with Crippen LogP contribution in [-0.2, 0) is 0 Å². The van der Waals surface area contributed by atoms with Gasteiger partial charge in [0.2, 0.25) is 5.82 Å². The van der Waals surface area contributed by atoms with Crippen molar-refractivity contribution in [2.45, 2.75) is 48.5 Å². The minimum absolute atomic E-state index is 0.0815. The van der Waals surface area contributed by atoms with Crippen LogP contribution >= 0.6 is 7.05 Å². The van der Waals surface area contributed by atoms with Crippen molar-refractivity contribution in [1.82, 2.24) is 0 Å². The average Bonchev–Trinajstić information content (AvgIpc) is 3.02. The second kappa shape index (κ2) is 13.0. The fourth-order valence-corrected chi connectivity index (χ4v) is 10.2. The summed E-state index contributed by atoms with van der Waals surface area (Å²) in [5, 5.41) is 21.6. The van der Waals surface area contributed by atoms with Crippen molar-refractivity contribution in [1.29, 1.82) is 0 Å². The molecule has 0 spiro atoms. The zero-order valence-electron chi connectivity index (χ0n) is 27.5. The Labute approximate surface area is 276 Å². The molecule has 0 saturated heterocycles. The molecule has 2 N–H and O–H groups in total. The summed E-state index contributed by atoms with van der Waals surface area (Å²) in [5.41, 5.74) is 5.59. The number of rotatable bonds is 6. The molecule has 0 amide bonds. The van der Waals surface area contributed by atoms with Gasteiger partial charge in [0, 0.05) is 22.4 Å². The highest BCUT2D eigenvalue weighted by Gasteiger charge is 2.42. The van der Waals surface area contributed by atoms with E-state index in [-0.39, 0.29) is 27.4 Å². The maximum Gasteiger partial charge on any atom is 0.200 e. The van der Waals surface area contributed by atoms with E-state index in [1.165, 1.54) is 24.4 Å². The van der Waals surface area contributed by atoms with Gasteiger partial charge in [-0.1, -0.05) is 48.0 Å². The monoisotopic (exact) mass is 676 g/mol. The summed E-state index contributed by atoms with van der Waals surface area (Å²) >= 11 is 0. The van der Waals surface area contributed by atoms with Crippen molar-refractivity contribution in [2.75, 3.05) is 0 Å². The first-order valence-electron chi connectivity index (χ1n) is 15.0. The molecule has 0 aliphatic heterocycles. The average molecular weight is 677 g/mol. The second-order valence-corrected chi connectivity index (χ2v) is 15.0. The lowest BCUT2D eigenvalue weighted by Gasteiger charge is -2.30. The third-order valence-electron chi connectivity index (χ3n) is 8.22. The molecule has 5 rings (SSSR count). The molecule has 0 radical (unpaired) electrons. The molecule has 0 aliphatic rings. The van der Waals surface area contributed by atoms with Crippen LogP contribution in [0.15, 0.2) is 70.4 Å². The van der Waals surface area contributed by atoms with E-state index in [1.807, 2.05) is 32.9 Å². The van der Waals surface area contributed by atoms with Crippen molar-refractivity contribution in [2.24, 2.45) is 9.74 Å². The predicted octanol–water partition coefficient (Wildman–Crippen LogP) is 9.51. The normalized spacial score (nSPS) is 11.8. The summed E-state index contributed by atoms with van der Waals surface area (Å²) in [6, 6.07) is 16.5. The summed E-state index contributed by atoms with van der Waals surface area (Å²) in [7, 11) is -4.59. The predicted molar refractivity (Wildman–Crippen MR) is 184 cm³/mol. The Balaban J connectivity index is 2.06. The van der Waals surface area contributed by atoms with Crippen LogP contribution in [-0.4, -0.2) is 16.4 Å². The van der Waals surface area contributed by atoms with Crippen molar-refractivity contribution in [3.63, 3.8) is 0 Å². The van der Waals surface area contributed by atoms with Gasteiger partial charge in [0.1, 0.15) is 11.5 Å². The molecule has 5 aromatic carbocycles. The van der Waals surface area contributed by atoms with E-state index in [2.05, 4.69) is 0 Å². The third-order valence-corrected chi connectivity index (χ3v) is 11.9. The molecule has 48 heavy (non-hydrogen) atoms. The molecule has 0 aliphatic carbocycles. The Morgan fingerprint density at radius 2 is 0.979 bits per heavy atom. The first-order valence-corrected chi connectivity index (χ1v) is 16.8. The number of aliphatic imine (C=N–C) groups is 1. The van der Waals surface area contributed by atoms with Crippen LogP contribution in [0.4, 0.5) is 33.3 Å². The van der Waals surface area contributed by atoms with Crippen LogP contribution in [0.25, 0.3) is 0 Å². The Morgan fingerprint density at radius 3 is 1.48 bits per heavy atom. The van der Waals surface area contributed by atoms with E-state index < -0.39 is 52.9 Å². The van der Waals surface area contributed by atoms with Crippen molar-refractivity contribution in [3.05, 3.63) is 134 Å². The van der Waals surface area contributed by atoms with Gasteiger partial charge in [0.15, 0.2) is 23.3 Å². The number of phenolic OH excluding ortho intramolecular Hbond substituents is 2. The van der Waals surface area contributed by atoms with Crippen LogP contribution in [0.2, 0.25) is 0 Å². The summed E-state index contributed by atoms with van der Waals surface area (Å²) in [5.74, 6) is -11.8. The fourth-order valence-electron chi connectivity index (χ4n) is 6.13.